The Kier molecular flexibility index (Phi) is 5.10. The standard InChI is InChI=1S/C25H21N5O4S/c1-15-26-27-21(34-15)12-28-14-30(29-11-10-19(31)24(32)23(29)25(28)33)22-17-7-3-2-6-16(17)13-35-20-9-5-4-8-18(20)22/h2-11,22,32H,12-14H2,1H3. The van der Waals surface area contributed by atoms with Crippen molar-refractivity contribution in [1.82, 2.24) is 19.8 Å². The van der Waals surface area contributed by atoms with Gasteiger partial charge >= 0.3 is 0 Å². The summed E-state index contributed by atoms with van der Waals surface area (Å²) in [6.07, 6.45) is 1.55. The number of amides is 1. The van der Waals surface area contributed by atoms with E-state index in [0.717, 1.165) is 21.8 Å². The minimum absolute atomic E-state index is 0.0451. The highest BCUT2D eigenvalue weighted by molar-refractivity contribution is 7.98. The van der Waals surface area contributed by atoms with Crippen LogP contribution in [-0.4, -0.2) is 37.5 Å². The van der Waals surface area contributed by atoms with Gasteiger partial charge in [0, 0.05) is 29.8 Å². The molecule has 4 aromatic rings. The van der Waals surface area contributed by atoms with Crippen molar-refractivity contribution in [2.45, 2.75) is 30.2 Å². The van der Waals surface area contributed by atoms with Crippen LogP contribution in [0.15, 0.2) is 74.9 Å². The molecule has 2 aromatic carbocycles. The molecule has 10 heteroatoms. The van der Waals surface area contributed by atoms with Crippen LogP contribution in [0.3, 0.4) is 0 Å². The van der Waals surface area contributed by atoms with Crippen molar-refractivity contribution in [3.63, 3.8) is 0 Å². The highest BCUT2D eigenvalue weighted by Gasteiger charge is 2.38. The van der Waals surface area contributed by atoms with E-state index >= 15 is 0 Å². The summed E-state index contributed by atoms with van der Waals surface area (Å²) >= 11 is 1.76. The first-order chi connectivity index (χ1) is 17.0. The number of hydrogen-bond acceptors (Lipinski definition) is 8. The minimum Gasteiger partial charge on any atom is -0.502 e. The van der Waals surface area contributed by atoms with Gasteiger partial charge in [0.15, 0.2) is 11.4 Å². The Morgan fingerprint density at radius 3 is 2.63 bits per heavy atom. The monoisotopic (exact) mass is 487 g/mol. The van der Waals surface area contributed by atoms with Gasteiger partial charge in [-0.2, -0.15) is 0 Å². The minimum atomic E-state index is -0.614. The third-order valence-electron chi connectivity index (χ3n) is 6.27. The maximum Gasteiger partial charge on any atom is 0.278 e. The van der Waals surface area contributed by atoms with E-state index < -0.39 is 17.1 Å². The predicted octanol–water partition coefficient (Wildman–Crippen LogP) is 3.19. The molecule has 0 saturated carbocycles. The topological polar surface area (TPSA) is 105 Å². The Morgan fingerprint density at radius 2 is 1.83 bits per heavy atom. The van der Waals surface area contributed by atoms with E-state index in [1.807, 2.05) is 29.3 Å². The lowest BCUT2D eigenvalue weighted by Crippen LogP contribution is -2.55. The number of aryl methyl sites for hydroxylation is 1. The molecule has 176 valence electrons. The fourth-order valence-electron chi connectivity index (χ4n) is 4.69. The molecule has 1 atom stereocenters. The zero-order valence-electron chi connectivity index (χ0n) is 18.8. The summed E-state index contributed by atoms with van der Waals surface area (Å²) in [4.78, 5) is 28.5. The molecule has 6 rings (SSSR count). The average Bonchev–Trinajstić information content (AvgIpc) is 3.20. The molecular formula is C25H21N5O4S. The number of nitrogens with zero attached hydrogens (tertiary/aromatic N) is 5. The van der Waals surface area contributed by atoms with Crippen molar-refractivity contribution in [3.05, 3.63) is 105 Å². The van der Waals surface area contributed by atoms with Crippen molar-refractivity contribution in [2.24, 2.45) is 0 Å². The third-order valence-corrected chi connectivity index (χ3v) is 7.41. The van der Waals surface area contributed by atoms with E-state index in [-0.39, 0.29) is 30.8 Å². The van der Waals surface area contributed by atoms with E-state index in [9.17, 15) is 14.7 Å². The molecule has 2 aliphatic rings. The lowest BCUT2D eigenvalue weighted by molar-refractivity contribution is 0.0647. The molecule has 0 fully saturated rings. The molecule has 0 bridgehead atoms. The summed E-state index contributed by atoms with van der Waals surface area (Å²) in [5.41, 5.74) is 2.65. The van der Waals surface area contributed by atoms with E-state index in [2.05, 4.69) is 34.5 Å². The largest absolute Gasteiger partial charge is 0.502 e. The normalized spacial score (nSPS) is 16.9. The van der Waals surface area contributed by atoms with Crippen LogP contribution in [0.4, 0.5) is 0 Å². The molecule has 2 aliphatic heterocycles. The Hall–Kier alpha value is -4.05. The van der Waals surface area contributed by atoms with Crippen LogP contribution in [0, 0.1) is 6.92 Å². The van der Waals surface area contributed by atoms with Crippen LogP contribution >= 0.6 is 11.8 Å². The molecule has 9 nitrogen and oxygen atoms in total. The number of aromatic nitrogens is 3. The molecule has 1 N–H and O–H groups in total. The van der Waals surface area contributed by atoms with Crippen molar-refractivity contribution in [3.8, 4) is 5.75 Å². The highest BCUT2D eigenvalue weighted by Crippen LogP contribution is 2.42. The Balaban J connectivity index is 1.55. The number of thioether (sulfide) groups is 1. The molecule has 0 aliphatic carbocycles. The second-order valence-corrected chi connectivity index (χ2v) is 9.47. The molecule has 4 heterocycles. The SMILES string of the molecule is Cc1nnc(CN2CN(C3c4ccccc4CSc4ccccc43)n3ccc(=O)c(O)c3C2=O)o1. The Morgan fingerprint density at radius 1 is 1.06 bits per heavy atom. The van der Waals surface area contributed by atoms with E-state index in [1.54, 1.807) is 29.6 Å². The van der Waals surface area contributed by atoms with Gasteiger partial charge in [0.2, 0.25) is 17.2 Å². The molecule has 0 saturated heterocycles. The van der Waals surface area contributed by atoms with Gasteiger partial charge in [-0.3, -0.25) is 19.3 Å². The molecule has 0 radical (unpaired) electrons. The van der Waals surface area contributed by atoms with Gasteiger partial charge in [-0.25, -0.2) is 0 Å². The summed E-state index contributed by atoms with van der Waals surface area (Å²) < 4.78 is 7.12. The number of hydrogen-bond donors (Lipinski definition) is 1. The van der Waals surface area contributed by atoms with Crippen molar-refractivity contribution < 1.29 is 14.3 Å². The molecule has 35 heavy (non-hydrogen) atoms. The van der Waals surface area contributed by atoms with Crippen LogP contribution in [0.5, 0.6) is 5.75 Å². The lowest BCUT2D eigenvalue weighted by Gasteiger charge is -2.43. The summed E-state index contributed by atoms with van der Waals surface area (Å²) in [6.45, 7) is 1.90. The van der Waals surface area contributed by atoms with Gasteiger partial charge < -0.3 is 14.4 Å². The van der Waals surface area contributed by atoms with Gasteiger partial charge in [-0.15, -0.1) is 22.0 Å². The zero-order chi connectivity index (χ0) is 24.1. The van der Waals surface area contributed by atoms with Gasteiger partial charge in [0.05, 0.1) is 6.04 Å². The van der Waals surface area contributed by atoms with Crippen molar-refractivity contribution in [2.75, 3.05) is 11.7 Å². The average molecular weight is 488 g/mol. The second kappa shape index (κ2) is 8.31. The number of aromatic hydroxyl groups is 1. The van der Waals surface area contributed by atoms with Crippen LogP contribution in [0.1, 0.15) is 45.0 Å². The maximum absolute atomic E-state index is 13.5. The number of benzene rings is 2. The van der Waals surface area contributed by atoms with Crippen molar-refractivity contribution in [1.29, 1.82) is 0 Å². The van der Waals surface area contributed by atoms with Gasteiger partial charge in [0.25, 0.3) is 5.91 Å². The Labute approximate surface area is 204 Å². The fraction of sp³-hybridized carbons (Fsp3) is 0.200. The number of pyridine rings is 1. The molecule has 0 spiro atoms. The molecule has 1 unspecified atom stereocenters. The van der Waals surface area contributed by atoms with E-state index in [0.29, 0.717) is 5.89 Å². The lowest BCUT2D eigenvalue weighted by atomic mass is 9.94. The van der Waals surface area contributed by atoms with Crippen LogP contribution < -0.4 is 10.4 Å². The summed E-state index contributed by atoms with van der Waals surface area (Å²) in [7, 11) is 0. The summed E-state index contributed by atoms with van der Waals surface area (Å²) in [5.74, 6) is 0.406. The van der Waals surface area contributed by atoms with E-state index in [4.69, 9.17) is 4.42 Å². The number of carbonyl (C=O) groups excluding carboxylic acids is 1. The van der Waals surface area contributed by atoms with E-state index in [1.165, 1.54) is 16.5 Å². The van der Waals surface area contributed by atoms with Gasteiger partial charge in [-0.1, -0.05) is 42.5 Å². The molecule has 1 amide bonds. The first kappa shape index (κ1) is 21.5. The summed E-state index contributed by atoms with van der Waals surface area (Å²) in [5, 5.41) is 20.6. The zero-order valence-corrected chi connectivity index (χ0v) is 19.6. The van der Waals surface area contributed by atoms with Gasteiger partial charge in [0.1, 0.15) is 13.2 Å². The Bertz CT molecular complexity index is 1470. The number of fused-ring (bicyclic) bond motifs is 3. The third kappa shape index (κ3) is 3.57. The quantitative estimate of drug-likeness (QED) is 0.470. The first-order valence-corrected chi connectivity index (χ1v) is 12.1. The highest BCUT2D eigenvalue weighted by atomic mass is 32.2. The first-order valence-electron chi connectivity index (χ1n) is 11.1. The maximum atomic E-state index is 13.5. The number of carbonyl (C=O) groups is 1. The van der Waals surface area contributed by atoms with Crippen LogP contribution in [-0.2, 0) is 12.3 Å². The van der Waals surface area contributed by atoms with Gasteiger partial charge in [-0.05, 0) is 22.8 Å². The smallest absolute Gasteiger partial charge is 0.278 e. The predicted molar refractivity (Wildman–Crippen MR) is 129 cm³/mol. The molecule has 2 aromatic heterocycles. The number of rotatable bonds is 3. The fourth-order valence-corrected chi connectivity index (χ4v) is 5.79. The van der Waals surface area contributed by atoms with Crippen LogP contribution in [0.2, 0.25) is 0 Å². The summed E-state index contributed by atoms with van der Waals surface area (Å²) in [6, 6.07) is 17.4. The molecular weight excluding hydrogens is 466 g/mol. The van der Waals surface area contributed by atoms with Crippen LogP contribution in [0.25, 0.3) is 0 Å². The van der Waals surface area contributed by atoms with Crippen molar-refractivity contribution >= 4 is 17.7 Å². The second-order valence-electron chi connectivity index (χ2n) is 8.45.